The van der Waals surface area contributed by atoms with Gasteiger partial charge in [0.05, 0.1) is 18.0 Å². The SMILES string of the molecule is C=CCN=c1scc(-c2ccc(Br)cc2)n1N=C(C)c1ccc(O)cc1. The Bertz CT molecular complexity index is 999. The van der Waals surface area contributed by atoms with Crippen LogP contribution in [-0.4, -0.2) is 22.0 Å². The second-order valence-corrected chi connectivity index (χ2v) is 7.34. The summed E-state index contributed by atoms with van der Waals surface area (Å²) in [4.78, 5) is 5.36. The van der Waals surface area contributed by atoms with E-state index in [0.717, 1.165) is 31.8 Å². The molecule has 0 aliphatic heterocycles. The highest BCUT2D eigenvalue weighted by Crippen LogP contribution is 2.23. The zero-order valence-electron chi connectivity index (χ0n) is 14.3. The van der Waals surface area contributed by atoms with Gasteiger partial charge in [-0.2, -0.15) is 5.10 Å². The average molecular weight is 428 g/mol. The van der Waals surface area contributed by atoms with Crippen LogP contribution < -0.4 is 4.80 Å². The highest BCUT2D eigenvalue weighted by Gasteiger charge is 2.09. The molecule has 0 spiro atoms. The molecule has 0 aliphatic carbocycles. The number of halogens is 1. The molecule has 4 nitrogen and oxygen atoms in total. The standard InChI is InChI=1S/C20H18BrN3OS/c1-3-12-22-20-24(23-14(2)15-6-10-18(25)11-7-15)19(13-26-20)16-4-8-17(21)9-5-16/h3-11,13,25H,1,12H2,2H3. The Labute approximate surface area is 164 Å². The topological polar surface area (TPSA) is 49.9 Å². The van der Waals surface area contributed by atoms with Gasteiger partial charge >= 0.3 is 0 Å². The van der Waals surface area contributed by atoms with Crippen molar-refractivity contribution in [2.24, 2.45) is 10.1 Å². The molecule has 0 fully saturated rings. The summed E-state index contributed by atoms with van der Waals surface area (Å²) in [6, 6.07) is 15.1. The van der Waals surface area contributed by atoms with Crippen molar-refractivity contribution in [3.8, 4) is 17.0 Å². The largest absolute Gasteiger partial charge is 0.508 e. The summed E-state index contributed by atoms with van der Waals surface area (Å²) in [5.41, 5.74) is 3.81. The van der Waals surface area contributed by atoms with Crippen LogP contribution in [0.3, 0.4) is 0 Å². The van der Waals surface area contributed by atoms with Crippen LogP contribution in [0.5, 0.6) is 5.75 Å². The van der Waals surface area contributed by atoms with Crippen LogP contribution in [0.2, 0.25) is 0 Å². The van der Waals surface area contributed by atoms with E-state index in [1.165, 1.54) is 0 Å². The van der Waals surface area contributed by atoms with Crippen molar-refractivity contribution in [1.29, 1.82) is 0 Å². The van der Waals surface area contributed by atoms with Crippen LogP contribution in [0.25, 0.3) is 11.3 Å². The Morgan fingerprint density at radius 3 is 2.54 bits per heavy atom. The zero-order valence-corrected chi connectivity index (χ0v) is 16.7. The number of thiazole rings is 1. The Hall–Kier alpha value is -2.44. The fourth-order valence-electron chi connectivity index (χ4n) is 2.38. The molecule has 1 heterocycles. The third-order valence-corrected chi connectivity index (χ3v) is 5.10. The van der Waals surface area contributed by atoms with E-state index in [4.69, 9.17) is 5.10 Å². The molecule has 2 aromatic carbocycles. The van der Waals surface area contributed by atoms with E-state index in [1.54, 1.807) is 29.5 Å². The second kappa shape index (κ2) is 8.29. The van der Waals surface area contributed by atoms with Crippen molar-refractivity contribution in [2.45, 2.75) is 6.92 Å². The molecule has 0 bridgehead atoms. The van der Waals surface area contributed by atoms with Gasteiger partial charge in [0.25, 0.3) is 0 Å². The number of hydrogen-bond donors (Lipinski definition) is 1. The second-order valence-electron chi connectivity index (χ2n) is 5.58. The minimum absolute atomic E-state index is 0.238. The first kappa shape index (κ1) is 18.4. The van der Waals surface area contributed by atoms with E-state index >= 15 is 0 Å². The molecule has 0 atom stereocenters. The predicted octanol–water partition coefficient (Wildman–Crippen LogP) is 5.04. The molecule has 3 rings (SSSR count). The molecule has 0 amide bonds. The van der Waals surface area contributed by atoms with Gasteiger partial charge in [-0.3, -0.25) is 4.99 Å². The summed E-state index contributed by atoms with van der Waals surface area (Å²) < 4.78 is 2.89. The van der Waals surface area contributed by atoms with E-state index in [-0.39, 0.29) is 5.75 Å². The Morgan fingerprint density at radius 2 is 1.88 bits per heavy atom. The molecule has 1 N–H and O–H groups in total. The monoisotopic (exact) mass is 427 g/mol. The number of rotatable bonds is 5. The predicted molar refractivity (Wildman–Crippen MR) is 112 cm³/mol. The summed E-state index contributed by atoms with van der Waals surface area (Å²) in [6.45, 7) is 6.21. The van der Waals surface area contributed by atoms with E-state index in [0.29, 0.717) is 6.54 Å². The van der Waals surface area contributed by atoms with E-state index in [1.807, 2.05) is 48.0 Å². The molecule has 3 aromatic rings. The zero-order chi connectivity index (χ0) is 18.5. The van der Waals surface area contributed by atoms with Crippen molar-refractivity contribution in [1.82, 2.24) is 4.68 Å². The average Bonchev–Trinajstić information content (AvgIpc) is 3.03. The number of aromatic nitrogens is 1. The van der Waals surface area contributed by atoms with Gasteiger partial charge in [0.2, 0.25) is 4.80 Å². The van der Waals surface area contributed by atoms with Crippen LogP contribution in [0.1, 0.15) is 12.5 Å². The van der Waals surface area contributed by atoms with Gasteiger partial charge < -0.3 is 5.11 Å². The van der Waals surface area contributed by atoms with E-state index in [2.05, 4.69) is 32.9 Å². The normalized spacial score (nSPS) is 12.4. The lowest BCUT2D eigenvalue weighted by molar-refractivity contribution is 0.475. The third-order valence-electron chi connectivity index (χ3n) is 3.72. The summed E-state index contributed by atoms with van der Waals surface area (Å²) >= 11 is 5.02. The number of phenols is 1. The van der Waals surface area contributed by atoms with E-state index in [9.17, 15) is 5.11 Å². The van der Waals surface area contributed by atoms with Crippen LogP contribution >= 0.6 is 27.3 Å². The van der Waals surface area contributed by atoms with Crippen molar-refractivity contribution < 1.29 is 5.11 Å². The van der Waals surface area contributed by atoms with Gasteiger partial charge in [-0.05, 0) is 48.9 Å². The van der Waals surface area contributed by atoms with Crippen LogP contribution in [0, 0.1) is 0 Å². The highest BCUT2D eigenvalue weighted by molar-refractivity contribution is 9.10. The number of aromatic hydroxyl groups is 1. The number of hydrogen-bond acceptors (Lipinski definition) is 4. The van der Waals surface area contributed by atoms with Gasteiger partial charge in [0, 0.05) is 15.4 Å². The summed E-state index contributed by atoms with van der Waals surface area (Å²) in [7, 11) is 0. The lowest BCUT2D eigenvalue weighted by Crippen LogP contribution is -2.14. The van der Waals surface area contributed by atoms with Crippen LogP contribution in [0.15, 0.2) is 81.1 Å². The summed E-state index contributed by atoms with van der Waals surface area (Å²) in [5, 5.41) is 16.3. The third kappa shape index (κ3) is 4.20. The van der Waals surface area contributed by atoms with Gasteiger partial charge in [-0.15, -0.1) is 17.9 Å². The molecule has 0 saturated heterocycles. The number of nitrogens with zero attached hydrogens (tertiary/aromatic N) is 3. The first-order chi connectivity index (χ1) is 12.6. The fraction of sp³-hybridized carbons (Fsp3) is 0.100. The lowest BCUT2D eigenvalue weighted by atomic mass is 10.1. The Balaban J connectivity index is 2.12. The Kier molecular flexibility index (Phi) is 5.85. The van der Waals surface area contributed by atoms with Gasteiger partial charge in [0.1, 0.15) is 5.75 Å². The van der Waals surface area contributed by atoms with Gasteiger partial charge in [0.15, 0.2) is 0 Å². The molecular weight excluding hydrogens is 410 g/mol. The fourth-order valence-corrected chi connectivity index (χ4v) is 3.48. The van der Waals surface area contributed by atoms with Crippen LogP contribution in [-0.2, 0) is 0 Å². The quantitative estimate of drug-likeness (QED) is 0.449. The molecule has 26 heavy (non-hydrogen) atoms. The highest BCUT2D eigenvalue weighted by atomic mass is 79.9. The summed E-state index contributed by atoms with van der Waals surface area (Å²) in [6.07, 6.45) is 1.76. The van der Waals surface area contributed by atoms with Gasteiger partial charge in [-0.1, -0.05) is 34.1 Å². The maximum absolute atomic E-state index is 9.48. The first-order valence-electron chi connectivity index (χ1n) is 8.01. The molecule has 0 saturated carbocycles. The Morgan fingerprint density at radius 1 is 1.19 bits per heavy atom. The van der Waals surface area contributed by atoms with Crippen molar-refractivity contribution in [3.63, 3.8) is 0 Å². The maximum atomic E-state index is 9.48. The molecule has 0 aliphatic rings. The van der Waals surface area contributed by atoms with E-state index < -0.39 is 0 Å². The number of benzene rings is 2. The number of phenolic OH excluding ortho intramolecular Hbond substituents is 1. The first-order valence-corrected chi connectivity index (χ1v) is 9.68. The smallest absolute Gasteiger partial charge is 0.206 e. The molecule has 0 unspecified atom stereocenters. The molecule has 132 valence electrons. The molecule has 1 aromatic heterocycles. The van der Waals surface area contributed by atoms with Crippen molar-refractivity contribution >= 4 is 33.0 Å². The maximum Gasteiger partial charge on any atom is 0.206 e. The molecule has 0 radical (unpaired) electrons. The molecule has 6 heteroatoms. The minimum atomic E-state index is 0.238. The van der Waals surface area contributed by atoms with Gasteiger partial charge in [-0.25, -0.2) is 4.68 Å². The molecular formula is C20H18BrN3OS. The minimum Gasteiger partial charge on any atom is -0.508 e. The lowest BCUT2D eigenvalue weighted by Gasteiger charge is -2.07. The van der Waals surface area contributed by atoms with Crippen LogP contribution in [0.4, 0.5) is 0 Å². The van der Waals surface area contributed by atoms with Crippen molar-refractivity contribution in [3.05, 3.63) is 81.4 Å². The van der Waals surface area contributed by atoms with Crippen molar-refractivity contribution in [2.75, 3.05) is 6.54 Å². The summed E-state index contributed by atoms with van der Waals surface area (Å²) in [5.74, 6) is 0.238.